The average Bonchev–Trinajstić information content (AvgIpc) is 2.95. The fourth-order valence-electron chi connectivity index (χ4n) is 3.86. The first kappa shape index (κ1) is 14.0. The second kappa shape index (κ2) is 5.52. The summed E-state index contributed by atoms with van der Waals surface area (Å²) in [6.45, 7) is 4.06. The minimum absolute atomic E-state index is 0.130. The van der Waals surface area contributed by atoms with Crippen LogP contribution in [0.25, 0.3) is 10.9 Å². The molecular weight excluding hydrogens is 276 g/mol. The monoisotopic (exact) mass is 298 g/mol. The maximum atomic E-state index is 10.4. The number of para-hydroxylation sites is 1. The Balaban J connectivity index is 1.61. The van der Waals surface area contributed by atoms with Crippen LogP contribution in [-0.2, 0) is 0 Å². The molecule has 1 aliphatic heterocycles. The van der Waals surface area contributed by atoms with Crippen LogP contribution in [0.1, 0.15) is 18.5 Å². The van der Waals surface area contributed by atoms with Crippen molar-refractivity contribution in [1.29, 1.82) is 0 Å². The van der Waals surface area contributed by atoms with Crippen LogP contribution in [0.5, 0.6) is 5.75 Å². The summed E-state index contributed by atoms with van der Waals surface area (Å²) in [5, 5.41) is 14.9. The zero-order valence-corrected chi connectivity index (χ0v) is 12.8. The van der Waals surface area contributed by atoms with Crippen molar-refractivity contribution in [3.05, 3.63) is 36.0 Å². The Kier molecular flexibility index (Phi) is 3.51. The SMILES string of the molecule is Cc1ccc2cccc(O[C@@H]3C[C@@H]4CNC[C@@H]4C[C@H]3O)c2n1. The minimum Gasteiger partial charge on any atom is -0.485 e. The first-order valence-electron chi connectivity index (χ1n) is 8.12. The van der Waals surface area contributed by atoms with Crippen LogP contribution in [0.2, 0.25) is 0 Å². The molecule has 2 fully saturated rings. The molecule has 0 amide bonds. The van der Waals surface area contributed by atoms with Crippen molar-refractivity contribution < 1.29 is 9.84 Å². The highest BCUT2D eigenvalue weighted by atomic mass is 16.5. The minimum atomic E-state index is -0.388. The number of rotatable bonds is 2. The summed E-state index contributed by atoms with van der Waals surface area (Å²) < 4.78 is 6.20. The molecule has 1 aliphatic carbocycles. The highest BCUT2D eigenvalue weighted by Gasteiger charge is 2.40. The molecule has 0 radical (unpaired) electrons. The third-order valence-corrected chi connectivity index (χ3v) is 5.09. The third kappa shape index (κ3) is 2.46. The number of aryl methyl sites for hydroxylation is 1. The van der Waals surface area contributed by atoms with Crippen LogP contribution in [0, 0.1) is 18.8 Å². The van der Waals surface area contributed by atoms with Crippen molar-refractivity contribution in [3.63, 3.8) is 0 Å². The Bertz CT molecular complexity index is 688. The molecule has 4 rings (SSSR count). The van der Waals surface area contributed by atoms with Crippen LogP contribution in [-0.4, -0.2) is 35.4 Å². The van der Waals surface area contributed by atoms with Crippen molar-refractivity contribution in [1.82, 2.24) is 10.3 Å². The van der Waals surface area contributed by atoms with E-state index in [1.807, 2.05) is 31.2 Å². The number of fused-ring (bicyclic) bond motifs is 2. The van der Waals surface area contributed by atoms with Crippen LogP contribution >= 0.6 is 0 Å². The Labute approximate surface area is 130 Å². The first-order valence-corrected chi connectivity index (χ1v) is 8.12. The van der Waals surface area contributed by atoms with Gasteiger partial charge in [-0.05, 0) is 56.8 Å². The van der Waals surface area contributed by atoms with E-state index < -0.39 is 0 Å². The maximum Gasteiger partial charge on any atom is 0.146 e. The summed E-state index contributed by atoms with van der Waals surface area (Å²) in [6.07, 6.45) is 1.23. The highest BCUT2D eigenvalue weighted by Crippen LogP contribution is 2.36. The lowest BCUT2D eigenvalue weighted by atomic mass is 9.78. The fourth-order valence-corrected chi connectivity index (χ4v) is 3.86. The van der Waals surface area contributed by atoms with Gasteiger partial charge in [0.15, 0.2) is 0 Å². The quantitative estimate of drug-likeness (QED) is 0.893. The number of hydrogen-bond acceptors (Lipinski definition) is 4. The van der Waals surface area contributed by atoms with E-state index in [1.165, 1.54) is 0 Å². The summed E-state index contributed by atoms with van der Waals surface area (Å²) in [6, 6.07) is 10.1. The predicted molar refractivity (Wildman–Crippen MR) is 86.0 cm³/mol. The lowest BCUT2D eigenvalue weighted by Crippen LogP contribution is -2.42. The van der Waals surface area contributed by atoms with E-state index in [0.29, 0.717) is 11.8 Å². The number of nitrogens with zero attached hydrogens (tertiary/aromatic N) is 1. The number of aliphatic hydroxyl groups excluding tert-OH is 1. The Morgan fingerprint density at radius 1 is 1.14 bits per heavy atom. The van der Waals surface area contributed by atoms with Gasteiger partial charge in [0.1, 0.15) is 17.4 Å². The van der Waals surface area contributed by atoms with E-state index in [0.717, 1.165) is 48.3 Å². The number of nitrogens with one attached hydrogen (secondary N) is 1. The zero-order chi connectivity index (χ0) is 15.1. The Hall–Kier alpha value is -1.65. The van der Waals surface area contributed by atoms with Gasteiger partial charge >= 0.3 is 0 Å². The fraction of sp³-hybridized carbons (Fsp3) is 0.500. The van der Waals surface area contributed by atoms with Gasteiger partial charge in [0.25, 0.3) is 0 Å². The summed E-state index contributed by atoms with van der Waals surface area (Å²) in [7, 11) is 0. The van der Waals surface area contributed by atoms with Crippen LogP contribution in [0.4, 0.5) is 0 Å². The van der Waals surface area contributed by atoms with Gasteiger partial charge < -0.3 is 15.2 Å². The molecule has 1 aromatic heterocycles. The highest BCUT2D eigenvalue weighted by molar-refractivity contribution is 5.84. The molecule has 2 aromatic rings. The second-order valence-corrected chi connectivity index (χ2v) is 6.65. The standard InChI is InChI=1S/C18H22N2O2/c1-11-5-6-12-3-2-4-16(18(12)20-11)22-17-8-14-10-19-9-13(14)7-15(17)21/h2-6,13-15,17,19,21H,7-10H2,1H3/t13-,14+,15+,17+/m0/s1. The van der Waals surface area contributed by atoms with Gasteiger partial charge in [-0.1, -0.05) is 18.2 Å². The molecule has 0 spiro atoms. The van der Waals surface area contributed by atoms with E-state index >= 15 is 0 Å². The number of pyridine rings is 1. The molecule has 4 nitrogen and oxygen atoms in total. The normalized spacial score (nSPS) is 31.2. The molecule has 2 N–H and O–H groups in total. The van der Waals surface area contributed by atoms with Gasteiger partial charge in [-0.3, -0.25) is 0 Å². The van der Waals surface area contributed by atoms with Crippen LogP contribution in [0.15, 0.2) is 30.3 Å². The van der Waals surface area contributed by atoms with Crippen molar-refractivity contribution in [3.8, 4) is 5.75 Å². The van der Waals surface area contributed by atoms with Gasteiger partial charge in [-0.15, -0.1) is 0 Å². The number of aromatic nitrogens is 1. The molecule has 0 bridgehead atoms. The molecule has 1 saturated heterocycles. The molecule has 4 heteroatoms. The molecule has 0 unspecified atom stereocenters. The number of benzene rings is 1. The van der Waals surface area contributed by atoms with Gasteiger partial charge in [-0.25, -0.2) is 4.98 Å². The lowest BCUT2D eigenvalue weighted by molar-refractivity contribution is -0.0225. The molecule has 1 saturated carbocycles. The van der Waals surface area contributed by atoms with E-state index in [2.05, 4.69) is 16.4 Å². The van der Waals surface area contributed by atoms with Crippen molar-refractivity contribution >= 4 is 10.9 Å². The van der Waals surface area contributed by atoms with Gasteiger partial charge in [-0.2, -0.15) is 0 Å². The van der Waals surface area contributed by atoms with E-state index in [1.54, 1.807) is 0 Å². The van der Waals surface area contributed by atoms with Gasteiger partial charge in [0.2, 0.25) is 0 Å². The summed E-state index contributed by atoms with van der Waals surface area (Å²) in [5.74, 6) is 2.01. The van der Waals surface area contributed by atoms with Crippen LogP contribution in [0.3, 0.4) is 0 Å². The van der Waals surface area contributed by atoms with Crippen molar-refractivity contribution in [2.24, 2.45) is 11.8 Å². The molecule has 116 valence electrons. The summed E-state index contributed by atoms with van der Waals surface area (Å²) in [5.41, 5.74) is 1.87. The molecule has 2 aliphatic rings. The third-order valence-electron chi connectivity index (χ3n) is 5.09. The summed E-state index contributed by atoms with van der Waals surface area (Å²) in [4.78, 5) is 4.61. The van der Waals surface area contributed by atoms with Gasteiger partial charge in [0, 0.05) is 11.1 Å². The number of aliphatic hydroxyl groups is 1. The first-order chi connectivity index (χ1) is 10.7. The zero-order valence-electron chi connectivity index (χ0n) is 12.8. The maximum absolute atomic E-state index is 10.4. The Morgan fingerprint density at radius 3 is 2.82 bits per heavy atom. The largest absolute Gasteiger partial charge is 0.485 e. The second-order valence-electron chi connectivity index (χ2n) is 6.65. The molecule has 4 atom stereocenters. The average molecular weight is 298 g/mol. The number of ether oxygens (including phenoxy) is 1. The van der Waals surface area contributed by atoms with Crippen molar-refractivity contribution in [2.45, 2.75) is 32.0 Å². The van der Waals surface area contributed by atoms with E-state index in [-0.39, 0.29) is 12.2 Å². The number of hydrogen-bond donors (Lipinski definition) is 2. The van der Waals surface area contributed by atoms with Crippen LogP contribution < -0.4 is 10.1 Å². The molecule has 2 heterocycles. The molecule has 22 heavy (non-hydrogen) atoms. The topological polar surface area (TPSA) is 54.4 Å². The van der Waals surface area contributed by atoms with E-state index in [9.17, 15) is 5.11 Å². The van der Waals surface area contributed by atoms with Gasteiger partial charge in [0.05, 0.1) is 6.10 Å². The Morgan fingerprint density at radius 2 is 1.95 bits per heavy atom. The smallest absolute Gasteiger partial charge is 0.146 e. The lowest BCUT2D eigenvalue weighted by Gasteiger charge is -2.35. The predicted octanol–water partition coefficient (Wildman–Crippen LogP) is 2.28. The van der Waals surface area contributed by atoms with E-state index in [4.69, 9.17) is 4.74 Å². The van der Waals surface area contributed by atoms with Crippen molar-refractivity contribution in [2.75, 3.05) is 13.1 Å². The molecular formula is C18H22N2O2. The molecule has 1 aromatic carbocycles. The summed E-state index contributed by atoms with van der Waals surface area (Å²) >= 11 is 0.